The van der Waals surface area contributed by atoms with Gasteiger partial charge in [-0.2, -0.15) is 0 Å². The Morgan fingerprint density at radius 3 is 2.69 bits per heavy atom. The number of rotatable bonds is 2. The predicted octanol–water partition coefficient (Wildman–Crippen LogP) is 5.74. The fourth-order valence-corrected chi connectivity index (χ4v) is 6.82. The lowest BCUT2D eigenvalue weighted by atomic mass is 9.47. The molecule has 0 unspecified atom stereocenters. The Morgan fingerprint density at radius 2 is 1.90 bits per heavy atom. The van der Waals surface area contributed by atoms with E-state index in [-0.39, 0.29) is 29.5 Å². The summed E-state index contributed by atoms with van der Waals surface area (Å²) in [4.78, 5) is 25.0. The summed E-state index contributed by atoms with van der Waals surface area (Å²) >= 11 is 0. The van der Waals surface area contributed by atoms with E-state index in [4.69, 9.17) is 7.48 Å². The Hall–Kier alpha value is -1.90. The Kier molecular flexibility index (Phi) is 3.73. The van der Waals surface area contributed by atoms with E-state index in [2.05, 4.69) is 6.92 Å². The van der Waals surface area contributed by atoms with Gasteiger partial charge in [0.15, 0.2) is 5.78 Å². The number of benzene rings is 1. The van der Waals surface area contributed by atoms with E-state index in [9.17, 15) is 11.0 Å². The maximum Gasteiger partial charge on any atom is 0.338 e. The number of carbonyl (C=O) groups is 2. The molecular formula is C26H32O3. The number of fused-ring (bicyclic) bond motifs is 5. The number of carbonyl (C=O) groups excluding carboxylic acids is 2. The molecule has 6 atom stereocenters. The number of hydrogen-bond donors (Lipinski definition) is 0. The maximum absolute atomic E-state index is 12.9. The highest BCUT2D eigenvalue weighted by Gasteiger charge is 2.59. The third kappa shape index (κ3) is 2.92. The molecule has 4 aliphatic carbocycles. The molecule has 0 amide bonds. The summed E-state index contributed by atoms with van der Waals surface area (Å²) in [7, 11) is 0. The van der Waals surface area contributed by atoms with Crippen molar-refractivity contribution in [3.8, 4) is 0 Å². The van der Waals surface area contributed by atoms with Gasteiger partial charge in [0.1, 0.15) is 6.08 Å². The van der Waals surface area contributed by atoms with E-state index in [0.717, 1.165) is 25.7 Å². The van der Waals surface area contributed by atoms with Gasteiger partial charge in [0.25, 0.3) is 0 Å². The van der Waals surface area contributed by atoms with Crippen LogP contribution in [0.5, 0.6) is 0 Å². The molecule has 1 aromatic carbocycles. The summed E-state index contributed by atoms with van der Waals surface area (Å²) in [6.45, 7) is 4.26. The standard InChI is InChI=1S/C26H32O3/c1-25-14-12-19(27)16-18(25)8-9-20-21-10-11-23(26(21,2)15-13-22(20)25)29-24(28)17-6-4-3-5-7-17/h3-7,16,20-23H,8-15H2,1-2H3/t20-,21-,22-,23-,25-,26-/m0/s1/i11D2,23D. The van der Waals surface area contributed by atoms with Crippen LogP contribution in [0, 0.1) is 28.6 Å². The highest BCUT2D eigenvalue weighted by atomic mass is 16.5. The SMILES string of the molecule is [2H]C1([2H])C[C@H]2[C@@H]3CCC4=CC(=O)CC[C@]4(C)[C@H]3CC[C@]2(C)[C@@]1([2H])OC(=O)c1ccccc1. The predicted molar refractivity (Wildman–Crippen MR) is 112 cm³/mol. The van der Waals surface area contributed by atoms with Crippen LogP contribution in [0.15, 0.2) is 42.0 Å². The summed E-state index contributed by atoms with van der Waals surface area (Å²) < 4.78 is 32.7. The second-order valence-electron chi connectivity index (χ2n) is 9.89. The zero-order chi connectivity index (χ0) is 22.9. The Labute approximate surface area is 178 Å². The van der Waals surface area contributed by atoms with Gasteiger partial charge in [-0.15, -0.1) is 0 Å². The maximum atomic E-state index is 12.9. The largest absolute Gasteiger partial charge is 0.458 e. The number of allylic oxidation sites excluding steroid dienone is 1. The van der Waals surface area contributed by atoms with E-state index in [0.29, 0.717) is 24.3 Å². The number of hydrogen-bond acceptors (Lipinski definition) is 3. The molecule has 0 spiro atoms. The second kappa shape index (κ2) is 6.82. The molecule has 154 valence electrons. The molecule has 0 N–H and O–H groups in total. The molecule has 0 saturated heterocycles. The normalized spacial score (nSPS) is 46.8. The van der Waals surface area contributed by atoms with Gasteiger partial charge in [0, 0.05) is 14.6 Å². The van der Waals surface area contributed by atoms with Crippen molar-refractivity contribution < 1.29 is 18.4 Å². The van der Waals surface area contributed by atoms with Gasteiger partial charge in [0.2, 0.25) is 0 Å². The molecule has 0 aromatic heterocycles. The fraction of sp³-hybridized carbons (Fsp3) is 0.615. The Morgan fingerprint density at radius 1 is 1.10 bits per heavy atom. The van der Waals surface area contributed by atoms with Crippen LogP contribution in [-0.4, -0.2) is 17.8 Å². The minimum Gasteiger partial charge on any atom is -0.458 e. The fourth-order valence-electron chi connectivity index (χ4n) is 6.82. The van der Waals surface area contributed by atoms with Crippen molar-refractivity contribution in [2.24, 2.45) is 28.6 Å². The van der Waals surface area contributed by atoms with Crippen LogP contribution in [-0.2, 0) is 9.53 Å². The third-order valence-corrected chi connectivity index (χ3v) is 8.56. The van der Waals surface area contributed by atoms with Gasteiger partial charge in [-0.25, -0.2) is 4.79 Å². The van der Waals surface area contributed by atoms with Gasteiger partial charge < -0.3 is 4.74 Å². The number of ketones is 1. The third-order valence-electron chi connectivity index (χ3n) is 8.56. The highest BCUT2D eigenvalue weighted by molar-refractivity contribution is 5.91. The molecule has 3 heteroatoms. The number of esters is 1. The molecule has 0 heterocycles. The molecule has 0 bridgehead atoms. The van der Waals surface area contributed by atoms with Crippen molar-refractivity contribution in [1.82, 2.24) is 0 Å². The lowest BCUT2D eigenvalue weighted by Crippen LogP contribution is -2.51. The first kappa shape index (κ1) is 15.9. The van der Waals surface area contributed by atoms with Crippen LogP contribution in [0.2, 0.25) is 0 Å². The van der Waals surface area contributed by atoms with Crippen molar-refractivity contribution in [1.29, 1.82) is 0 Å². The van der Waals surface area contributed by atoms with Crippen molar-refractivity contribution in [3.63, 3.8) is 0 Å². The molecule has 3 fully saturated rings. The van der Waals surface area contributed by atoms with Gasteiger partial charge in [-0.3, -0.25) is 4.79 Å². The quantitative estimate of drug-likeness (QED) is 0.599. The first-order chi connectivity index (χ1) is 15.0. The molecule has 0 radical (unpaired) electrons. The topological polar surface area (TPSA) is 43.4 Å². The molecule has 1 aromatic rings. The lowest BCUT2D eigenvalue weighted by Gasteiger charge is -2.57. The number of ether oxygens (including phenoxy) is 1. The summed E-state index contributed by atoms with van der Waals surface area (Å²) in [5.41, 5.74) is 0.859. The van der Waals surface area contributed by atoms with Crippen LogP contribution in [0.4, 0.5) is 0 Å². The minimum absolute atomic E-state index is 0.0150. The molecule has 5 rings (SSSR count). The van der Waals surface area contributed by atoms with E-state index >= 15 is 0 Å². The first-order valence-electron chi connectivity index (χ1n) is 12.5. The Balaban J connectivity index is 1.48. The van der Waals surface area contributed by atoms with E-state index in [1.165, 1.54) is 5.57 Å². The summed E-state index contributed by atoms with van der Waals surface area (Å²) in [6.07, 6.45) is 3.02. The van der Waals surface area contributed by atoms with E-state index in [1.54, 1.807) is 24.3 Å². The lowest BCUT2D eigenvalue weighted by molar-refractivity contribution is -0.118. The van der Waals surface area contributed by atoms with Gasteiger partial charge in [-0.1, -0.05) is 37.6 Å². The molecule has 3 nitrogen and oxygen atoms in total. The first-order valence-corrected chi connectivity index (χ1v) is 11.0. The second-order valence-corrected chi connectivity index (χ2v) is 9.89. The molecule has 0 aliphatic heterocycles. The van der Waals surface area contributed by atoms with Crippen LogP contribution in [0.25, 0.3) is 0 Å². The smallest absolute Gasteiger partial charge is 0.338 e. The van der Waals surface area contributed by atoms with E-state index in [1.807, 2.05) is 19.1 Å². The monoisotopic (exact) mass is 395 g/mol. The minimum atomic E-state index is -1.93. The average Bonchev–Trinajstić information content (AvgIpc) is 2.91. The van der Waals surface area contributed by atoms with Crippen molar-refractivity contribution in [3.05, 3.63) is 47.5 Å². The van der Waals surface area contributed by atoms with Crippen molar-refractivity contribution >= 4 is 11.8 Å². The average molecular weight is 396 g/mol. The Bertz CT molecular complexity index is 989. The summed E-state index contributed by atoms with van der Waals surface area (Å²) in [5, 5.41) is 0. The van der Waals surface area contributed by atoms with Gasteiger partial charge in [-0.05, 0) is 86.3 Å². The van der Waals surface area contributed by atoms with Crippen LogP contribution < -0.4 is 0 Å². The zero-order valence-corrected chi connectivity index (χ0v) is 17.4. The van der Waals surface area contributed by atoms with Crippen LogP contribution in [0.1, 0.15) is 79.6 Å². The molecular weight excluding hydrogens is 360 g/mol. The van der Waals surface area contributed by atoms with Crippen LogP contribution in [0.3, 0.4) is 0 Å². The van der Waals surface area contributed by atoms with Crippen molar-refractivity contribution in [2.45, 2.75) is 71.2 Å². The van der Waals surface area contributed by atoms with Crippen LogP contribution >= 0.6 is 0 Å². The van der Waals surface area contributed by atoms with E-state index < -0.39 is 23.8 Å². The summed E-state index contributed by atoms with van der Waals surface area (Å²) in [5.74, 6) is 0.249. The summed E-state index contributed by atoms with van der Waals surface area (Å²) in [6, 6.07) is 8.59. The van der Waals surface area contributed by atoms with Gasteiger partial charge in [0.05, 0.1) is 6.93 Å². The molecule has 4 aliphatic rings. The van der Waals surface area contributed by atoms with Gasteiger partial charge >= 0.3 is 5.97 Å². The molecule has 3 saturated carbocycles. The molecule has 29 heavy (non-hydrogen) atoms. The highest BCUT2D eigenvalue weighted by Crippen LogP contribution is 2.65. The zero-order valence-electron chi connectivity index (χ0n) is 20.4. The van der Waals surface area contributed by atoms with Crippen molar-refractivity contribution in [2.75, 3.05) is 0 Å².